The molecule has 0 aliphatic heterocycles. The average Bonchev–Trinajstić information content (AvgIpc) is 3.01. The summed E-state index contributed by atoms with van der Waals surface area (Å²) in [6.07, 6.45) is 1.88. The van der Waals surface area contributed by atoms with Crippen LogP contribution >= 0.6 is 0 Å². The van der Waals surface area contributed by atoms with Crippen LogP contribution in [0.1, 0.15) is 35.7 Å². The van der Waals surface area contributed by atoms with E-state index in [-0.39, 0.29) is 17.4 Å². The first kappa shape index (κ1) is 18.4. The number of hydrogen-bond donors (Lipinski definition) is 2. The van der Waals surface area contributed by atoms with Gasteiger partial charge >= 0.3 is 12.0 Å². The molecule has 0 saturated carbocycles. The highest BCUT2D eigenvalue weighted by molar-refractivity contribution is 5.87. The van der Waals surface area contributed by atoms with E-state index in [4.69, 9.17) is 20.3 Å². The minimum atomic E-state index is -0.971. The summed E-state index contributed by atoms with van der Waals surface area (Å²) in [5.41, 5.74) is 8.02. The van der Waals surface area contributed by atoms with Gasteiger partial charge in [0.05, 0.1) is 25.8 Å². The SMILES string of the molecule is CCCCOc1nc(N)c2nc(OC)n(Cc3ccc(C(=O)O)cc3)c2n1. The summed E-state index contributed by atoms with van der Waals surface area (Å²) in [5, 5.41) is 9.03. The fraction of sp³-hybridized carbons (Fsp3) is 0.333. The molecule has 0 radical (unpaired) electrons. The molecule has 0 bridgehead atoms. The van der Waals surface area contributed by atoms with Crippen LogP contribution < -0.4 is 15.2 Å². The summed E-state index contributed by atoms with van der Waals surface area (Å²) in [4.78, 5) is 23.9. The lowest BCUT2D eigenvalue weighted by Gasteiger charge is -2.09. The monoisotopic (exact) mass is 371 g/mol. The van der Waals surface area contributed by atoms with Crippen LogP contribution in [0.15, 0.2) is 24.3 Å². The van der Waals surface area contributed by atoms with Crippen LogP contribution in [0, 0.1) is 0 Å². The summed E-state index contributed by atoms with van der Waals surface area (Å²) < 4.78 is 12.7. The number of carboxylic acids is 1. The molecule has 142 valence electrons. The van der Waals surface area contributed by atoms with E-state index >= 15 is 0 Å². The van der Waals surface area contributed by atoms with Crippen LogP contribution in [0.4, 0.5) is 5.82 Å². The second-order valence-corrected chi connectivity index (χ2v) is 5.95. The molecule has 2 aromatic heterocycles. The van der Waals surface area contributed by atoms with Gasteiger partial charge in [-0.1, -0.05) is 25.5 Å². The van der Waals surface area contributed by atoms with E-state index in [0.29, 0.717) is 30.3 Å². The predicted octanol–water partition coefficient (Wildman–Crippen LogP) is 2.34. The Morgan fingerprint density at radius 2 is 1.96 bits per heavy atom. The van der Waals surface area contributed by atoms with Crippen LogP contribution in [-0.2, 0) is 6.54 Å². The van der Waals surface area contributed by atoms with Gasteiger partial charge in [0.25, 0.3) is 6.01 Å². The molecular formula is C18H21N5O4. The van der Waals surface area contributed by atoms with Gasteiger partial charge in [0.2, 0.25) is 0 Å². The third kappa shape index (κ3) is 3.91. The van der Waals surface area contributed by atoms with Crippen molar-refractivity contribution < 1.29 is 19.4 Å². The number of aromatic carboxylic acids is 1. The van der Waals surface area contributed by atoms with Crippen molar-refractivity contribution >= 4 is 23.0 Å². The Balaban J connectivity index is 1.98. The molecule has 27 heavy (non-hydrogen) atoms. The first-order valence-corrected chi connectivity index (χ1v) is 8.56. The van der Waals surface area contributed by atoms with E-state index in [0.717, 1.165) is 18.4 Å². The van der Waals surface area contributed by atoms with Gasteiger partial charge in [-0.2, -0.15) is 15.0 Å². The zero-order valence-electron chi connectivity index (χ0n) is 15.2. The average molecular weight is 371 g/mol. The first-order valence-electron chi connectivity index (χ1n) is 8.56. The Morgan fingerprint density at radius 1 is 1.22 bits per heavy atom. The number of anilines is 1. The molecule has 0 spiro atoms. The van der Waals surface area contributed by atoms with Crippen molar-refractivity contribution in [1.29, 1.82) is 0 Å². The largest absolute Gasteiger partial charge is 0.478 e. The number of hydrogen-bond acceptors (Lipinski definition) is 7. The number of benzene rings is 1. The summed E-state index contributed by atoms with van der Waals surface area (Å²) in [6, 6.07) is 7.09. The van der Waals surface area contributed by atoms with Gasteiger partial charge in [-0.25, -0.2) is 4.79 Å². The van der Waals surface area contributed by atoms with E-state index < -0.39 is 5.97 Å². The van der Waals surface area contributed by atoms with Gasteiger partial charge < -0.3 is 20.3 Å². The number of imidazole rings is 1. The molecule has 0 atom stereocenters. The fourth-order valence-corrected chi connectivity index (χ4v) is 2.59. The highest BCUT2D eigenvalue weighted by Crippen LogP contribution is 2.26. The third-order valence-corrected chi connectivity index (χ3v) is 4.02. The Bertz CT molecular complexity index is 953. The fourth-order valence-electron chi connectivity index (χ4n) is 2.59. The second kappa shape index (κ2) is 7.90. The Labute approximate surface area is 155 Å². The number of nitrogens with zero attached hydrogens (tertiary/aromatic N) is 4. The molecule has 0 saturated heterocycles. The molecule has 9 nitrogen and oxygen atoms in total. The number of aromatic nitrogens is 4. The zero-order chi connectivity index (χ0) is 19.4. The molecule has 1 aromatic carbocycles. The topological polar surface area (TPSA) is 125 Å². The van der Waals surface area contributed by atoms with Gasteiger partial charge in [-0.05, 0) is 24.1 Å². The van der Waals surface area contributed by atoms with E-state index in [2.05, 4.69) is 21.9 Å². The molecule has 2 heterocycles. The number of ether oxygens (including phenoxy) is 2. The standard InChI is InChI=1S/C18H21N5O4/c1-3-4-9-27-17-21-14(19)13-15(22-17)23(18(20-13)26-2)10-11-5-7-12(8-6-11)16(24)25/h5-8H,3-4,9-10H2,1-2H3,(H,24,25)(H2,19,21,22). The van der Waals surface area contributed by atoms with Gasteiger partial charge in [0.1, 0.15) is 0 Å². The smallest absolute Gasteiger partial charge is 0.335 e. The number of carbonyl (C=O) groups is 1. The number of nitrogens with two attached hydrogens (primary N) is 1. The van der Waals surface area contributed by atoms with Crippen LogP contribution in [0.5, 0.6) is 12.0 Å². The molecule has 9 heteroatoms. The lowest BCUT2D eigenvalue weighted by molar-refractivity contribution is 0.0697. The number of rotatable bonds is 8. The molecule has 3 aromatic rings. The van der Waals surface area contributed by atoms with Crippen molar-refractivity contribution in [3.63, 3.8) is 0 Å². The lowest BCUT2D eigenvalue weighted by Crippen LogP contribution is -2.07. The van der Waals surface area contributed by atoms with Crippen molar-refractivity contribution in [2.24, 2.45) is 0 Å². The van der Waals surface area contributed by atoms with Crippen molar-refractivity contribution in [1.82, 2.24) is 19.5 Å². The number of nitrogen functional groups attached to an aromatic ring is 1. The van der Waals surface area contributed by atoms with Gasteiger partial charge in [0.15, 0.2) is 17.0 Å². The van der Waals surface area contributed by atoms with E-state index in [1.54, 1.807) is 28.8 Å². The molecule has 0 aliphatic rings. The first-order chi connectivity index (χ1) is 13.0. The summed E-state index contributed by atoms with van der Waals surface area (Å²) in [7, 11) is 1.51. The summed E-state index contributed by atoms with van der Waals surface area (Å²) in [5.74, 6) is -0.758. The molecule has 0 aliphatic carbocycles. The van der Waals surface area contributed by atoms with Crippen LogP contribution in [0.2, 0.25) is 0 Å². The van der Waals surface area contributed by atoms with E-state index in [1.807, 2.05) is 0 Å². The van der Waals surface area contributed by atoms with E-state index in [1.165, 1.54) is 7.11 Å². The highest BCUT2D eigenvalue weighted by atomic mass is 16.5. The Morgan fingerprint density at radius 3 is 2.59 bits per heavy atom. The molecular weight excluding hydrogens is 350 g/mol. The maximum absolute atomic E-state index is 11.0. The molecule has 3 N–H and O–H groups in total. The number of unbranched alkanes of at least 4 members (excludes halogenated alkanes) is 1. The van der Waals surface area contributed by atoms with Crippen LogP contribution in [0.25, 0.3) is 11.2 Å². The van der Waals surface area contributed by atoms with Gasteiger partial charge in [-0.3, -0.25) is 4.57 Å². The van der Waals surface area contributed by atoms with Gasteiger partial charge in [0, 0.05) is 0 Å². The molecule has 0 unspecified atom stereocenters. The lowest BCUT2D eigenvalue weighted by atomic mass is 10.1. The number of methoxy groups -OCH3 is 1. The minimum absolute atomic E-state index is 0.193. The van der Waals surface area contributed by atoms with Crippen molar-refractivity contribution in [3.05, 3.63) is 35.4 Å². The van der Waals surface area contributed by atoms with Crippen LogP contribution in [0.3, 0.4) is 0 Å². The normalized spacial score (nSPS) is 10.9. The van der Waals surface area contributed by atoms with Crippen molar-refractivity contribution in [3.8, 4) is 12.0 Å². The molecule has 3 rings (SSSR count). The summed E-state index contributed by atoms with van der Waals surface area (Å²) in [6.45, 7) is 2.95. The van der Waals surface area contributed by atoms with Crippen LogP contribution in [-0.4, -0.2) is 44.3 Å². The Hall–Kier alpha value is -3.36. The number of fused-ring (bicyclic) bond motifs is 1. The van der Waals surface area contributed by atoms with Crippen molar-refractivity contribution in [2.45, 2.75) is 26.3 Å². The van der Waals surface area contributed by atoms with Gasteiger partial charge in [-0.15, -0.1) is 0 Å². The summed E-state index contributed by atoms with van der Waals surface area (Å²) >= 11 is 0. The Kier molecular flexibility index (Phi) is 5.39. The maximum atomic E-state index is 11.0. The van der Waals surface area contributed by atoms with Crippen molar-refractivity contribution in [2.75, 3.05) is 19.5 Å². The maximum Gasteiger partial charge on any atom is 0.335 e. The number of carboxylic acid groups (broad SMARTS) is 1. The predicted molar refractivity (Wildman–Crippen MR) is 99.2 cm³/mol. The third-order valence-electron chi connectivity index (χ3n) is 4.02. The zero-order valence-corrected chi connectivity index (χ0v) is 15.2. The van der Waals surface area contributed by atoms with E-state index in [9.17, 15) is 4.79 Å². The minimum Gasteiger partial charge on any atom is -0.478 e. The second-order valence-electron chi connectivity index (χ2n) is 5.95. The molecule has 0 amide bonds. The molecule has 0 fully saturated rings. The highest BCUT2D eigenvalue weighted by Gasteiger charge is 2.18. The quantitative estimate of drug-likeness (QED) is 0.578.